The summed E-state index contributed by atoms with van der Waals surface area (Å²) in [5, 5.41) is 6.06. The number of aromatic nitrogens is 2. The smallest absolute Gasteiger partial charge is 0.254 e. The number of amides is 1. The Morgan fingerprint density at radius 1 is 1.00 bits per heavy atom. The second kappa shape index (κ2) is 8.24. The maximum absolute atomic E-state index is 13.3. The number of hydrogen-bond donors (Lipinski definition) is 0. The molecule has 0 spiro atoms. The average molecular weight is 448 g/mol. The van der Waals surface area contributed by atoms with Gasteiger partial charge in [0.25, 0.3) is 5.91 Å². The number of carbonyl (C=O) groups excluding carboxylic acids is 1. The molecule has 6 nitrogen and oxygen atoms in total. The fraction of sp³-hybridized carbons (Fsp3) is 0.200. The molecule has 32 heavy (non-hydrogen) atoms. The van der Waals surface area contributed by atoms with Crippen LogP contribution in [-0.4, -0.2) is 42.3 Å². The number of aryl methyl sites for hydroxylation is 1. The van der Waals surface area contributed by atoms with E-state index in [4.69, 9.17) is 0 Å². The van der Waals surface area contributed by atoms with Crippen LogP contribution < -0.4 is 0 Å². The van der Waals surface area contributed by atoms with Crippen LogP contribution in [0.15, 0.2) is 71.8 Å². The quantitative estimate of drug-likeness (QED) is 0.459. The number of hydrogen-bond acceptors (Lipinski definition) is 4. The minimum absolute atomic E-state index is 0.0663. The fourth-order valence-electron chi connectivity index (χ4n) is 3.85. The summed E-state index contributed by atoms with van der Waals surface area (Å²) in [6.07, 6.45) is 2.99. The summed E-state index contributed by atoms with van der Waals surface area (Å²) in [7, 11) is 0.422. The zero-order valence-corrected chi connectivity index (χ0v) is 19.3. The first-order valence-electron chi connectivity index (χ1n) is 10.2. The van der Waals surface area contributed by atoms with Crippen LogP contribution in [0.3, 0.4) is 0 Å². The van der Waals surface area contributed by atoms with Crippen LogP contribution >= 0.6 is 0 Å². The minimum Gasteiger partial charge on any atom is -0.337 e. The molecule has 1 amide bonds. The van der Waals surface area contributed by atoms with Gasteiger partial charge >= 0.3 is 0 Å². The second-order valence-electron chi connectivity index (χ2n) is 8.04. The van der Waals surface area contributed by atoms with Gasteiger partial charge in [-0.25, -0.2) is 8.42 Å². The third-order valence-corrected chi connectivity index (χ3v) is 6.97. The summed E-state index contributed by atoms with van der Waals surface area (Å²) in [6, 6.07) is 18.4. The Balaban J connectivity index is 1.72. The van der Waals surface area contributed by atoms with Gasteiger partial charge in [-0.1, -0.05) is 42.5 Å². The molecule has 0 saturated carbocycles. The van der Waals surface area contributed by atoms with Gasteiger partial charge in [-0.3, -0.25) is 9.48 Å². The Bertz CT molecular complexity index is 1420. The lowest BCUT2D eigenvalue weighted by atomic mass is 9.94. The van der Waals surface area contributed by atoms with Crippen molar-refractivity contribution in [1.29, 1.82) is 0 Å². The highest BCUT2D eigenvalue weighted by atomic mass is 32.2. The van der Waals surface area contributed by atoms with E-state index in [1.165, 1.54) is 6.26 Å². The summed E-state index contributed by atoms with van der Waals surface area (Å²) in [4.78, 5) is 15.3. The lowest BCUT2D eigenvalue weighted by Crippen LogP contribution is -2.26. The maximum atomic E-state index is 13.3. The van der Waals surface area contributed by atoms with Crippen molar-refractivity contribution in [3.05, 3.63) is 83.7 Å². The van der Waals surface area contributed by atoms with Crippen molar-refractivity contribution < 1.29 is 13.2 Å². The molecule has 0 aliphatic heterocycles. The molecular weight excluding hydrogens is 422 g/mol. The molecule has 0 atom stereocenters. The van der Waals surface area contributed by atoms with Gasteiger partial charge in [0.2, 0.25) is 0 Å². The average Bonchev–Trinajstić information content (AvgIpc) is 3.09. The zero-order chi connectivity index (χ0) is 23.0. The summed E-state index contributed by atoms with van der Waals surface area (Å²) in [6.45, 7) is 2.46. The zero-order valence-electron chi connectivity index (χ0n) is 18.5. The molecule has 0 aliphatic carbocycles. The van der Waals surface area contributed by atoms with Crippen LogP contribution in [0.5, 0.6) is 0 Å². The van der Waals surface area contributed by atoms with Gasteiger partial charge in [-0.2, -0.15) is 5.10 Å². The van der Waals surface area contributed by atoms with Crippen LogP contribution in [0.25, 0.3) is 21.9 Å². The van der Waals surface area contributed by atoms with Crippen molar-refractivity contribution in [2.45, 2.75) is 18.4 Å². The first-order chi connectivity index (χ1) is 15.2. The van der Waals surface area contributed by atoms with Gasteiger partial charge in [0.1, 0.15) is 0 Å². The van der Waals surface area contributed by atoms with Crippen molar-refractivity contribution in [2.24, 2.45) is 7.05 Å². The second-order valence-corrected chi connectivity index (χ2v) is 10.1. The molecule has 1 aromatic heterocycles. The number of fused-ring (bicyclic) bond motifs is 1. The number of benzene rings is 3. The molecule has 4 aromatic rings. The molecule has 7 heteroatoms. The third kappa shape index (κ3) is 4.03. The number of rotatable bonds is 5. The van der Waals surface area contributed by atoms with Crippen molar-refractivity contribution in [1.82, 2.24) is 14.7 Å². The Hall–Kier alpha value is -3.45. The minimum atomic E-state index is -3.26. The van der Waals surface area contributed by atoms with Gasteiger partial charge in [0, 0.05) is 43.7 Å². The molecule has 0 unspecified atom stereocenters. The Morgan fingerprint density at radius 3 is 2.25 bits per heavy atom. The number of carbonyl (C=O) groups is 1. The highest BCUT2D eigenvalue weighted by Crippen LogP contribution is 2.32. The van der Waals surface area contributed by atoms with Crippen LogP contribution in [-0.2, 0) is 23.4 Å². The standard InChI is InChI=1S/C25H25N3O3S/c1-17-19(15-26-28(17)3)16-27(2)25(29)24-14-13-21(22-7-5-6-8-23(22)24)18-9-11-20(12-10-18)32(4,30)31/h5-15H,16H2,1-4H3. The molecule has 0 N–H and O–H groups in total. The summed E-state index contributed by atoms with van der Waals surface area (Å²) >= 11 is 0. The van der Waals surface area contributed by atoms with E-state index in [9.17, 15) is 13.2 Å². The normalized spacial score (nSPS) is 11.6. The van der Waals surface area contributed by atoms with Gasteiger partial charge in [-0.15, -0.1) is 0 Å². The summed E-state index contributed by atoms with van der Waals surface area (Å²) in [5.74, 6) is -0.0663. The predicted molar refractivity (Wildman–Crippen MR) is 126 cm³/mol. The SMILES string of the molecule is Cc1c(CN(C)C(=O)c2ccc(-c3ccc(S(C)(=O)=O)cc3)c3ccccc23)cnn1C. The lowest BCUT2D eigenvalue weighted by Gasteiger charge is -2.19. The van der Waals surface area contributed by atoms with Crippen LogP contribution in [0.4, 0.5) is 0 Å². The molecule has 1 heterocycles. The maximum Gasteiger partial charge on any atom is 0.254 e. The molecule has 4 rings (SSSR count). The summed E-state index contributed by atoms with van der Waals surface area (Å²) in [5.41, 5.74) is 4.51. The Labute approximate surface area is 188 Å². The van der Waals surface area contributed by atoms with Crippen LogP contribution in [0.2, 0.25) is 0 Å². The molecule has 0 bridgehead atoms. The van der Waals surface area contributed by atoms with Crippen molar-refractivity contribution >= 4 is 26.5 Å². The van der Waals surface area contributed by atoms with E-state index < -0.39 is 9.84 Å². The molecule has 164 valence electrons. The van der Waals surface area contributed by atoms with E-state index in [-0.39, 0.29) is 10.8 Å². The monoisotopic (exact) mass is 447 g/mol. The Kier molecular flexibility index (Phi) is 5.60. The lowest BCUT2D eigenvalue weighted by molar-refractivity contribution is 0.0787. The van der Waals surface area contributed by atoms with Gasteiger partial charge in [-0.05, 0) is 47.0 Å². The molecule has 3 aromatic carbocycles. The third-order valence-electron chi connectivity index (χ3n) is 5.84. The predicted octanol–water partition coefficient (Wildman–Crippen LogP) is 4.22. The van der Waals surface area contributed by atoms with Gasteiger partial charge in [0.15, 0.2) is 9.84 Å². The van der Waals surface area contributed by atoms with Crippen LogP contribution in [0.1, 0.15) is 21.6 Å². The van der Waals surface area contributed by atoms with Crippen molar-refractivity contribution in [3.8, 4) is 11.1 Å². The molecule has 0 radical (unpaired) electrons. The Morgan fingerprint density at radius 2 is 1.66 bits per heavy atom. The molecule has 0 aliphatic rings. The first kappa shape index (κ1) is 21.8. The highest BCUT2D eigenvalue weighted by molar-refractivity contribution is 7.90. The topological polar surface area (TPSA) is 72.3 Å². The van der Waals surface area contributed by atoms with E-state index in [0.717, 1.165) is 33.2 Å². The van der Waals surface area contributed by atoms with E-state index in [2.05, 4.69) is 5.10 Å². The van der Waals surface area contributed by atoms with E-state index in [0.29, 0.717) is 12.1 Å². The molecule has 0 saturated heterocycles. The first-order valence-corrected chi connectivity index (χ1v) is 12.1. The van der Waals surface area contributed by atoms with Gasteiger partial charge < -0.3 is 4.90 Å². The van der Waals surface area contributed by atoms with E-state index in [1.807, 2.05) is 50.4 Å². The van der Waals surface area contributed by atoms with E-state index >= 15 is 0 Å². The van der Waals surface area contributed by atoms with Crippen molar-refractivity contribution in [3.63, 3.8) is 0 Å². The fourth-order valence-corrected chi connectivity index (χ4v) is 4.48. The number of sulfone groups is 1. The molecular formula is C25H25N3O3S. The van der Waals surface area contributed by atoms with Crippen molar-refractivity contribution in [2.75, 3.05) is 13.3 Å². The largest absolute Gasteiger partial charge is 0.337 e. The van der Waals surface area contributed by atoms with E-state index in [1.54, 1.807) is 47.1 Å². The number of nitrogens with zero attached hydrogens (tertiary/aromatic N) is 3. The highest BCUT2D eigenvalue weighted by Gasteiger charge is 2.18. The summed E-state index contributed by atoms with van der Waals surface area (Å²) < 4.78 is 25.4. The van der Waals surface area contributed by atoms with Gasteiger partial charge in [0.05, 0.1) is 11.1 Å². The molecule has 0 fully saturated rings. The van der Waals surface area contributed by atoms with Crippen LogP contribution in [0, 0.1) is 6.92 Å².